The van der Waals surface area contributed by atoms with Crippen LogP contribution in [0, 0.1) is 25.5 Å². The first-order valence-corrected chi connectivity index (χ1v) is 19.3. The number of amides is 2. The number of aromatic nitrogens is 8. The first kappa shape index (κ1) is 44.1. The van der Waals surface area contributed by atoms with E-state index in [0.29, 0.717) is 43.3 Å². The van der Waals surface area contributed by atoms with Crippen molar-refractivity contribution in [1.82, 2.24) is 45.2 Å². The van der Waals surface area contributed by atoms with Crippen molar-refractivity contribution < 1.29 is 23.0 Å². The summed E-state index contributed by atoms with van der Waals surface area (Å²) in [5.74, 6) is -0.351. The minimum atomic E-state index is -0.446. The van der Waals surface area contributed by atoms with E-state index in [1.165, 1.54) is 30.6 Å². The molecule has 0 atom stereocenters. The van der Waals surface area contributed by atoms with Gasteiger partial charge in [-0.15, -0.1) is 0 Å². The predicted octanol–water partition coefficient (Wildman–Crippen LogP) is 7.34. The van der Waals surface area contributed by atoms with Gasteiger partial charge in [-0.3, -0.25) is 5.32 Å². The topological polar surface area (TPSA) is 215 Å². The smallest absolute Gasteiger partial charge is 0.321 e. The number of nitrogens with zero attached hydrogens (tertiary/aromatic N) is 8. The number of fused-ring (bicyclic) bond motifs is 2. The number of nitrogen functional groups attached to an aromatic ring is 1. The molecule has 62 heavy (non-hydrogen) atoms. The third-order valence-corrected chi connectivity index (χ3v) is 9.26. The molecule has 4 heterocycles. The second-order valence-electron chi connectivity index (χ2n) is 13.5. The number of methoxy groups -OCH3 is 2. The molecular formula is C45H44F2N12O3. The summed E-state index contributed by atoms with van der Waals surface area (Å²) in [7, 11) is 3.18. The van der Waals surface area contributed by atoms with Gasteiger partial charge in [-0.2, -0.15) is 0 Å². The molecule has 0 fully saturated rings. The Morgan fingerprint density at radius 2 is 1.11 bits per heavy atom. The molecule has 0 unspecified atom stereocenters. The monoisotopic (exact) mass is 838 g/mol. The molecule has 0 aliphatic rings. The SMILES string of the molecule is COCCN.COCCNC(=O)Nc1ncc(-c2ccc3ncnc(C)c3c2)c(-c2ccc(F)cc2)n1.Cc1ncnc2ccc(-c3cnc(N)nc3-c3ccc(F)cc3)cc12. The molecule has 4 aromatic carbocycles. The standard InChI is InChI=1S/C23H21FN6O2.C19H14FN5.C3H9NO/c1-14-18-11-16(5-8-20(18)28-13-27-14)19-12-26-22(30-23(31)25-9-10-32-2)29-21(19)15-3-6-17(24)7-4-15;1-11-15-8-13(4-7-17(15)24-10-23-11)16-9-22-19(21)25-18(16)12-2-5-14(20)6-3-12;1-5-3-2-4/h3-8,11-13H,9-10H2,1-2H3,(H2,25,26,29,30,31);2-10H,1H3,(H2,21,22,25);2-4H2,1H3. The zero-order chi connectivity index (χ0) is 44.0. The number of aryl methyl sites for hydroxylation is 2. The van der Waals surface area contributed by atoms with E-state index in [1.54, 1.807) is 57.2 Å². The Labute approximate surface area is 356 Å². The van der Waals surface area contributed by atoms with Crippen LogP contribution < -0.4 is 22.1 Å². The number of nitrogens with two attached hydrogens (primary N) is 2. The molecule has 316 valence electrons. The van der Waals surface area contributed by atoms with Gasteiger partial charge in [0, 0.05) is 84.1 Å². The molecule has 0 radical (unpaired) electrons. The van der Waals surface area contributed by atoms with Gasteiger partial charge >= 0.3 is 6.03 Å². The molecule has 0 aliphatic carbocycles. The largest absolute Gasteiger partial charge is 0.383 e. The van der Waals surface area contributed by atoms with E-state index in [-0.39, 0.29) is 23.5 Å². The van der Waals surface area contributed by atoms with E-state index in [0.717, 1.165) is 61.0 Å². The van der Waals surface area contributed by atoms with Crippen LogP contribution in [0.3, 0.4) is 0 Å². The highest BCUT2D eigenvalue weighted by molar-refractivity contribution is 5.92. The maximum Gasteiger partial charge on any atom is 0.321 e. The first-order valence-electron chi connectivity index (χ1n) is 19.3. The van der Waals surface area contributed by atoms with E-state index in [4.69, 9.17) is 16.2 Å². The number of hydrogen-bond donors (Lipinski definition) is 4. The van der Waals surface area contributed by atoms with E-state index in [9.17, 15) is 13.6 Å². The lowest BCUT2D eigenvalue weighted by atomic mass is 9.99. The van der Waals surface area contributed by atoms with Gasteiger partial charge in [0.15, 0.2) is 0 Å². The Hall–Kier alpha value is -7.47. The van der Waals surface area contributed by atoms with Crippen LogP contribution in [0.4, 0.5) is 25.5 Å². The number of urea groups is 1. The molecule has 2 amide bonds. The molecule has 0 spiro atoms. The Morgan fingerprint density at radius 3 is 1.60 bits per heavy atom. The first-order chi connectivity index (χ1) is 30.1. The Kier molecular flexibility index (Phi) is 15.1. The quantitative estimate of drug-likeness (QED) is 0.0993. The van der Waals surface area contributed by atoms with Crippen molar-refractivity contribution in [2.45, 2.75) is 13.8 Å². The Balaban J connectivity index is 0.000000191. The van der Waals surface area contributed by atoms with Crippen molar-refractivity contribution in [1.29, 1.82) is 0 Å². The summed E-state index contributed by atoms with van der Waals surface area (Å²) in [5, 5.41) is 7.14. The predicted molar refractivity (Wildman–Crippen MR) is 236 cm³/mol. The van der Waals surface area contributed by atoms with E-state index < -0.39 is 6.03 Å². The summed E-state index contributed by atoms with van der Waals surface area (Å²) >= 11 is 0. The molecule has 8 aromatic rings. The Morgan fingerprint density at radius 1 is 0.629 bits per heavy atom. The maximum absolute atomic E-state index is 13.5. The molecule has 17 heteroatoms. The zero-order valence-electron chi connectivity index (χ0n) is 34.4. The molecule has 15 nitrogen and oxygen atoms in total. The van der Waals surface area contributed by atoms with Crippen LogP contribution in [0.25, 0.3) is 66.6 Å². The van der Waals surface area contributed by atoms with Gasteiger partial charge < -0.3 is 26.3 Å². The van der Waals surface area contributed by atoms with Gasteiger partial charge in [0.25, 0.3) is 0 Å². The minimum absolute atomic E-state index is 0.128. The van der Waals surface area contributed by atoms with Crippen LogP contribution in [0.1, 0.15) is 11.4 Å². The zero-order valence-corrected chi connectivity index (χ0v) is 34.4. The molecule has 4 aromatic heterocycles. The molecule has 6 N–H and O–H groups in total. The van der Waals surface area contributed by atoms with Crippen molar-refractivity contribution in [3.05, 3.63) is 133 Å². The highest BCUT2D eigenvalue weighted by atomic mass is 19.1. The van der Waals surface area contributed by atoms with Crippen LogP contribution >= 0.6 is 0 Å². The van der Waals surface area contributed by atoms with Gasteiger partial charge in [-0.05, 0) is 97.8 Å². The number of rotatable bonds is 10. The molecule has 0 aliphatic heterocycles. The second-order valence-corrected chi connectivity index (χ2v) is 13.5. The number of benzene rings is 4. The summed E-state index contributed by atoms with van der Waals surface area (Å²) in [4.78, 5) is 46.5. The Bertz CT molecular complexity index is 2780. The highest BCUT2D eigenvalue weighted by Crippen LogP contribution is 2.34. The summed E-state index contributed by atoms with van der Waals surface area (Å²) in [6.07, 6.45) is 6.40. The normalized spacial score (nSPS) is 10.7. The number of nitrogens with one attached hydrogen (secondary N) is 2. The van der Waals surface area contributed by atoms with Crippen molar-refractivity contribution in [3.8, 4) is 44.8 Å². The fraction of sp³-hybridized carbons (Fsp3) is 0.178. The van der Waals surface area contributed by atoms with Gasteiger partial charge in [-0.25, -0.2) is 53.4 Å². The number of carbonyl (C=O) groups excluding carboxylic acids is 1. The van der Waals surface area contributed by atoms with Gasteiger partial charge in [0.05, 0.1) is 35.6 Å². The van der Waals surface area contributed by atoms with Crippen LogP contribution in [-0.4, -0.2) is 86.4 Å². The summed E-state index contributed by atoms with van der Waals surface area (Å²) in [6, 6.07) is 23.4. The number of ether oxygens (including phenoxy) is 2. The fourth-order valence-electron chi connectivity index (χ4n) is 6.15. The van der Waals surface area contributed by atoms with Crippen LogP contribution in [0.15, 0.2) is 110 Å². The van der Waals surface area contributed by atoms with Gasteiger partial charge in [0.2, 0.25) is 11.9 Å². The van der Waals surface area contributed by atoms with Crippen molar-refractivity contribution in [2.24, 2.45) is 5.73 Å². The fourth-order valence-corrected chi connectivity index (χ4v) is 6.15. The lowest BCUT2D eigenvalue weighted by Crippen LogP contribution is -2.32. The number of anilines is 2. The lowest BCUT2D eigenvalue weighted by molar-refractivity contribution is 0.198. The van der Waals surface area contributed by atoms with Crippen molar-refractivity contribution >= 4 is 39.7 Å². The summed E-state index contributed by atoms with van der Waals surface area (Å²) in [5.41, 5.74) is 20.2. The maximum atomic E-state index is 13.5. The van der Waals surface area contributed by atoms with E-state index in [2.05, 4.69) is 55.2 Å². The van der Waals surface area contributed by atoms with E-state index >= 15 is 0 Å². The number of halogens is 2. The molecule has 0 saturated carbocycles. The average molecular weight is 839 g/mol. The lowest BCUT2D eigenvalue weighted by Gasteiger charge is -2.13. The van der Waals surface area contributed by atoms with Crippen molar-refractivity contribution in [3.63, 3.8) is 0 Å². The highest BCUT2D eigenvalue weighted by Gasteiger charge is 2.16. The minimum Gasteiger partial charge on any atom is -0.383 e. The summed E-state index contributed by atoms with van der Waals surface area (Å²) in [6.45, 7) is 5.88. The molecule has 8 rings (SSSR count). The van der Waals surface area contributed by atoms with Crippen LogP contribution in [-0.2, 0) is 9.47 Å². The van der Waals surface area contributed by atoms with Crippen molar-refractivity contribution in [2.75, 3.05) is 51.6 Å². The second kappa shape index (κ2) is 21.2. The summed E-state index contributed by atoms with van der Waals surface area (Å²) < 4.78 is 36.3. The average Bonchev–Trinajstić information content (AvgIpc) is 3.28. The third kappa shape index (κ3) is 11.2. The van der Waals surface area contributed by atoms with E-state index in [1.807, 2.05) is 50.2 Å². The van der Waals surface area contributed by atoms with Gasteiger partial charge in [0.1, 0.15) is 24.3 Å². The van der Waals surface area contributed by atoms with Gasteiger partial charge in [-0.1, -0.05) is 12.1 Å². The third-order valence-electron chi connectivity index (χ3n) is 9.26. The van der Waals surface area contributed by atoms with Crippen LogP contribution in [0.2, 0.25) is 0 Å². The molecule has 0 bridgehead atoms. The number of hydrogen-bond acceptors (Lipinski definition) is 13. The van der Waals surface area contributed by atoms with Crippen LogP contribution in [0.5, 0.6) is 0 Å². The molecule has 0 saturated heterocycles. The molecular weight excluding hydrogens is 795 g/mol. The number of carbonyl (C=O) groups is 1.